The van der Waals surface area contributed by atoms with Gasteiger partial charge in [-0.05, 0) is 36.9 Å². The number of hydrogen-bond donors (Lipinski definition) is 1. The molecule has 0 aliphatic rings. The van der Waals surface area contributed by atoms with E-state index in [0.717, 1.165) is 17.1 Å². The molecule has 84 valence electrons. The number of halogens is 1. The smallest absolute Gasteiger partial charge is 0.126 e. The molecule has 0 bridgehead atoms. The standard InChI is InChI=1S/C12H18FNS/c1-4-15-8-12(14-3)10-5-6-11(13)9(2)7-10/h5-7,12,14H,4,8H2,1-3H3. The molecule has 0 aliphatic heterocycles. The molecule has 0 aliphatic carbocycles. The van der Waals surface area contributed by atoms with Gasteiger partial charge in [-0.2, -0.15) is 11.8 Å². The van der Waals surface area contributed by atoms with E-state index in [0.29, 0.717) is 11.6 Å². The van der Waals surface area contributed by atoms with Gasteiger partial charge in [-0.1, -0.05) is 19.1 Å². The van der Waals surface area contributed by atoms with Crippen LogP contribution >= 0.6 is 11.8 Å². The monoisotopic (exact) mass is 227 g/mol. The molecule has 0 heterocycles. The zero-order chi connectivity index (χ0) is 11.3. The Morgan fingerprint density at radius 1 is 1.47 bits per heavy atom. The molecule has 1 N–H and O–H groups in total. The Labute approximate surface area is 95.5 Å². The summed E-state index contributed by atoms with van der Waals surface area (Å²) in [5.74, 6) is 2.01. The Balaban J connectivity index is 2.78. The lowest BCUT2D eigenvalue weighted by Gasteiger charge is -2.16. The van der Waals surface area contributed by atoms with Gasteiger partial charge in [0.15, 0.2) is 0 Å². The molecule has 0 aromatic heterocycles. The zero-order valence-corrected chi connectivity index (χ0v) is 10.3. The first-order valence-electron chi connectivity index (χ1n) is 5.20. The molecule has 0 amide bonds. The van der Waals surface area contributed by atoms with Crippen molar-refractivity contribution in [2.24, 2.45) is 0 Å². The van der Waals surface area contributed by atoms with Gasteiger partial charge in [-0.15, -0.1) is 0 Å². The van der Waals surface area contributed by atoms with Crippen molar-refractivity contribution < 1.29 is 4.39 Å². The Morgan fingerprint density at radius 3 is 2.73 bits per heavy atom. The van der Waals surface area contributed by atoms with Gasteiger partial charge >= 0.3 is 0 Å². The highest BCUT2D eigenvalue weighted by Gasteiger charge is 2.09. The second kappa shape index (κ2) is 6.13. The quantitative estimate of drug-likeness (QED) is 0.829. The van der Waals surface area contributed by atoms with E-state index in [2.05, 4.69) is 12.2 Å². The normalized spacial score (nSPS) is 12.8. The van der Waals surface area contributed by atoms with E-state index >= 15 is 0 Å². The minimum atomic E-state index is -0.128. The predicted molar refractivity (Wildman–Crippen MR) is 65.9 cm³/mol. The number of thioether (sulfide) groups is 1. The third kappa shape index (κ3) is 3.50. The van der Waals surface area contributed by atoms with Gasteiger partial charge in [-0.25, -0.2) is 4.39 Å². The molecule has 1 unspecified atom stereocenters. The molecule has 15 heavy (non-hydrogen) atoms. The molecule has 0 saturated heterocycles. The maximum Gasteiger partial charge on any atom is 0.126 e. The minimum Gasteiger partial charge on any atom is -0.312 e. The molecule has 0 spiro atoms. The Hall–Kier alpha value is -0.540. The van der Waals surface area contributed by atoms with Gasteiger partial charge < -0.3 is 5.32 Å². The van der Waals surface area contributed by atoms with E-state index in [9.17, 15) is 4.39 Å². The van der Waals surface area contributed by atoms with Crippen LogP contribution in [0.4, 0.5) is 4.39 Å². The average molecular weight is 227 g/mol. The molecule has 1 aromatic rings. The lowest BCUT2D eigenvalue weighted by Crippen LogP contribution is -2.19. The third-order valence-electron chi connectivity index (χ3n) is 2.42. The van der Waals surface area contributed by atoms with Gasteiger partial charge in [0.05, 0.1) is 0 Å². The van der Waals surface area contributed by atoms with Crippen LogP contribution in [0.3, 0.4) is 0 Å². The Kier molecular flexibility index (Phi) is 5.12. The van der Waals surface area contributed by atoms with Crippen molar-refractivity contribution in [1.29, 1.82) is 0 Å². The molecule has 1 nitrogen and oxygen atoms in total. The van der Waals surface area contributed by atoms with Crippen molar-refractivity contribution >= 4 is 11.8 Å². The SMILES string of the molecule is CCSCC(NC)c1ccc(F)c(C)c1. The van der Waals surface area contributed by atoms with Crippen LogP contribution in [0.2, 0.25) is 0 Å². The largest absolute Gasteiger partial charge is 0.312 e. The van der Waals surface area contributed by atoms with E-state index in [1.807, 2.05) is 30.9 Å². The number of nitrogens with one attached hydrogen (secondary N) is 1. The first-order chi connectivity index (χ1) is 7.19. The average Bonchev–Trinajstić information content (AvgIpc) is 2.24. The summed E-state index contributed by atoms with van der Waals surface area (Å²) in [6.45, 7) is 3.95. The van der Waals surface area contributed by atoms with Crippen molar-refractivity contribution in [3.8, 4) is 0 Å². The van der Waals surface area contributed by atoms with E-state index in [1.165, 1.54) is 0 Å². The van der Waals surface area contributed by atoms with Gasteiger partial charge in [0, 0.05) is 11.8 Å². The fourth-order valence-corrected chi connectivity index (χ4v) is 2.30. The molecule has 0 saturated carbocycles. The maximum atomic E-state index is 13.1. The summed E-state index contributed by atoms with van der Waals surface area (Å²) < 4.78 is 13.1. The number of aryl methyl sites for hydroxylation is 1. The summed E-state index contributed by atoms with van der Waals surface area (Å²) in [5.41, 5.74) is 1.88. The van der Waals surface area contributed by atoms with Crippen molar-refractivity contribution in [2.75, 3.05) is 18.6 Å². The maximum absolute atomic E-state index is 13.1. The van der Waals surface area contributed by atoms with Gasteiger partial charge in [0.25, 0.3) is 0 Å². The van der Waals surface area contributed by atoms with Crippen LogP contribution in [-0.2, 0) is 0 Å². The Morgan fingerprint density at radius 2 is 2.20 bits per heavy atom. The van der Waals surface area contributed by atoms with Crippen LogP contribution in [0.25, 0.3) is 0 Å². The molecular formula is C12H18FNS. The highest BCUT2D eigenvalue weighted by atomic mass is 32.2. The van der Waals surface area contributed by atoms with Gasteiger partial charge in [-0.3, -0.25) is 0 Å². The molecular weight excluding hydrogens is 209 g/mol. The predicted octanol–water partition coefficient (Wildman–Crippen LogP) is 3.15. The lowest BCUT2D eigenvalue weighted by molar-refractivity contribution is 0.611. The van der Waals surface area contributed by atoms with Crippen molar-refractivity contribution in [1.82, 2.24) is 5.32 Å². The van der Waals surface area contributed by atoms with Crippen molar-refractivity contribution in [3.05, 3.63) is 35.1 Å². The van der Waals surface area contributed by atoms with Crippen molar-refractivity contribution in [3.63, 3.8) is 0 Å². The van der Waals surface area contributed by atoms with Gasteiger partial charge in [0.2, 0.25) is 0 Å². The lowest BCUT2D eigenvalue weighted by atomic mass is 10.1. The van der Waals surface area contributed by atoms with E-state index in [1.54, 1.807) is 13.0 Å². The minimum absolute atomic E-state index is 0.128. The third-order valence-corrected chi connectivity index (χ3v) is 3.40. The van der Waals surface area contributed by atoms with Crippen LogP contribution in [0.15, 0.2) is 18.2 Å². The summed E-state index contributed by atoms with van der Waals surface area (Å²) in [7, 11) is 1.94. The molecule has 1 atom stereocenters. The van der Waals surface area contributed by atoms with Crippen LogP contribution in [-0.4, -0.2) is 18.6 Å². The van der Waals surface area contributed by atoms with Crippen LogP contribution in [0.1, 0.15) is 24.1 Å². The van der Waals surface area contributed by atoms with Crippen LogP contribution in [0.5, 0.6) is 0 Å². The van der Waals surface area contributed by atoms with Crippen molar-refractivity contribution in [2.45, 2.75) is 19.9 Å². The highest BCUT2D eigenvalue weighted by Crippen LogP contribution is 2.20. The van der Waals surface area contributed by atoms with Crippen LogP contribution < -0.4 is 5.32 Å². The molecule has 0 fully saturated rings. The molecule has 1 rings (SSSR count). The first-order valence-corrected chi connectivity index (χ1v) is 6.35. The zero-order valence-electron chi connectivity index (χ0n) is 9.51. The Bertz CT molecular complexity index is 314. The van der Waals surface area contributed by atoms with E-state index in [-0.39, 0.29) is 5.82 Å². The van der Waals surface area contributed by atoms with Crippen LogP contribution in [0, 0.1) is 12.7 Å². The van der Waals surface area contributed by atoms with E-state index in [4.69, 9.17) is 0 Å². The van der Waals surface area contributed by atoms with E-state index < -0.39 is 0 Å². The summed E-state index contributed by atoms with van der Waals surface area (Å²) in [6.07, 6.45) is 0. The molecule has 3 heteroatoms. The summed E-state index contributed by atoms with van der Waals surface area (Å²) in [5, 5.41) is 3.26. The topological polar surface area (TPSA) is 12.0 Å². The summed E-state index contributed by atoms with van der Waals surface area (Å²) in [4.78, 5) is 0. The summed E-state index contributed by atoms with van der Waals surface area (Å²) in [6, 6.07) is 5.65. The number of hydrogen-bond acceptors (Lipinski definition) is 2. The highest BCUT2D eigenvalue weighted by molar-refractivity contribution is 7.99. The fourth-order valence-electron chi connectivity index (χ4n) is 1.47. The number of rotatable bonds is 5. The first kappa shape index (κ1) is 12.5. The molecule has 1 aromatic carbocycles. The summed E-state index contributed by atoms with van der Waals surface area (Å²) >= 11 is 1.89. The second-order valence-electron chi connectivity index (χ2n) is 3.51. The molecule has 0 radical (unpaired) electrons. The second-order valence-corrected chi connectivity index (χ2v) is 4.83. The van der Waals surface area contributed by atoms with Gasteiger partial charge in [0.1, 0.15) is 5.82 Å². The number of benzene rings is 1. The fraction of sp³-hybridized carbons (Fsp3) is 0.500.